The lowest BCUT2D eigenvalue weighted by molar-refractivity contribution is -0.136. The Morgan fingerprint density at radius 1 is 1.17 bits per heavy atom. The van der Waals surface area contributed by atoms with Crippen molar-refractivity contribution >= 4 is 23.5 Å². The van der Waals surface area contributed by atoms with E-state index in [0.717, 1.165) is 35.5 Å². The molecule has 2 aromatic rings. The van der Waals surface area contributed by atoms with Gasteiger partial charge in [0.1, 0.15) is 11.9 Å². The Bertz CT molecular complexity index is 1040. The van der Waals surface area contributed by atoms with Gasteiger partial charge in [-0.15, -0.1) is 0 Å². The maximum Gasteiger partial charge on any atom is 0.255 e. The summed E-state index contributed by atoms with van der Waals surface area (Å²) in [6.07, 6.45) is 3.39. The van der Waals surface area contributed by atoms with E-state index in [1.165, 1.54) is 0 Å². The second-order valence-corrected chi connectivity index (χ2v) is 7.98. The lowest BCUT2D eigenvalue weighted by atomic mass is 10.00. The topological polar surface area (TPSA) is 103 Å². The van der Waals surface area contributed by atoms with Crippen LogP contribution in [0.2, 0.25) is 0 Å². The van der Waals surface area contributed by atoms with Crippen LogP contribution in [-0.4, -0.2) is 40.2 Å². The van der Waals surface area contributed by atoms with Crippen LogP contribution < -0.4 is 16.0 Å². The Morgan fingerprint density at radius 3 is 2.93 bits per heavy atom. The van der Waals surface area contributed by atoms with Gasteiger partial charge in [0.05, 0.1) is 0 Å². The van der Waals surface area contributed by atoms with Crippen molar-refractivity contribution in [3.63, 3.8) is 0 Å². The molecule has 30 heavy (non-hydrogen) atoms. The Kier molecular flexibility index (Phi) is 4.71. The number of piperidine rings is 1. The van der Waals surface area contributed by atoms with E-state index in [0.29, 0.717) is 25.1 Å². The minimum absolute atomic E-state index is 0.141. The molecular formula is C22H23N5O3. The van der Waals surface area contributed by atoms with E-state index in [2.05, 4.69) is 27.0 Å². The lowest BCUT2D eigenvalue weighted by Gasteiger charge is -2.29. The van der Waals surface area contributed by atoms with Crippen molar-refractivity contribution in [1.29, 1.82) is 0 Å². The molecule has 8 heteroatoms. The number of fused-ring (bicyclic) bond motifs is 2. The van der Waals surface area contributed by atoms with Crippen LogP contribution >= 0.6 is 0 Å². The summed E-state index contributed by atoms with van der Waals surface area (Å²) in [6, 6.07) is 9.56. The highest BCUT2D eigenvalue weighted by atomic mass is 16.2. The average molecular weight is 405 g/mol. The van der Waals surface area contributed by atoms with Crippen molar-refractivity contribution in [2.45, 2.75) is 44.4 Å². The zero-order valence-electron chi connectivity index (χ0n) is 16.5. The second kappa shape index (κ2) is 7.53. The summed E-state index contributed by atoms with van der Waals surface area (Å²) in [5.74, 6) is 0.124. The van der Waals surface area contributed by atoms with Gasteiger partial charge in [-0.25, -0.2) is 4.98 Å². The number of carbonyl (C=O) groups is 3. The number of benzene rings is 1. The number of nitrogens with zero attached hydrogens (tertiary/aromatic N) is 2. The highest BCUT2D eigenvalue weighted by Crippen LogP contribution is 2.30. The van der Waals surface area contributed by atoms with Gasteiger partial charge in [-0.05, 0) is 36.1 Å². The number of carbonyl (C=O) groups excluding carboxylic acids is 3. The molecule has 2 unspecified atom stereocenters. The van der Waals surface area contributed by atoms with Crippen molar-refractivity contribution in [2.24, 2.45) is 0 Å². The first kappa shape index (κ1) is 18.7. The van der Waals surface area contributed by atoms with E-state index in [9.17, 15) is 14.4 Å². The Labute approximate surface area is 174 Å². The molecule has 0 saturated carbocycles. The molecule has 3 aliphatic heterocycles. The van der Waals surface area contributed by atoms with Crippen LogP contribution in [-0.2, 0) is 22.7 Å². The highest BCUT2D eigenvalue weighted by molar-refractivity contribution is 6.05. The molecule has 3 N–H and O–H groups in total. The zero-order valence-corrected chi connectivity index (χ0v) is 16.5. The summed E-state index contributed by atoms with van der Waals surface area (Å²) >= 11 is 0. The Hall–Kier alpha value is -3.26. The number of hydrogen-bond acceptors (Lipinski definition) is 6. The van der Waals surface area contributed by atoms with Crippen molar-refractivity contribution in [3.05, 3.63) is 58.8 Å². The fraction of sp³-hybridized carbons (Fsp3) is 0.364. The first-order valence-corrected chi connectivity index (χ1v) is 10.3. The van der Waals surface area contributed by atoms with E-state index in [4.69, 9.17) is 0 Å². The van der Waals surface area contributed by atoms with Crippen LogP contribution in [0.4, 0.5) is 5.82 Å². The fourth-order valence-corrected chi connectivity index (χ4v) is 4.50. The number of amides is 3. The molecule has 2 atom stereocenters. The number of anilines is 1. The van der Waals surface area contributed by atoms with Crippen LogP contribution in [0.25, 0.3) is 0 Å². The van der Waals surface area contributed by atoms with Gasteiger partial charge < -0.3 is 15.5 Å². The van der Waals surface area contributed by atoms with Crippen LogP contribution in [0, 0.1) is 0 Å². The minimum atomic E-state index is -0.581. The Balaban J connectivity index is 1.29. The molecule has 5 rings (SSSR count). The SMILES string of the molecule is O=C1CCC(N2Cc3ccc(CNC4CCNc5ncccc54)cc3C2=O)C(=O)N1. The average Bonchev–Trinajstić information content (AvgIpc) is 3.08. The third kappa shape index (κ3) is 3.33. The third-order valence-electron chi connectivity index (χ3n) is 6.08. The smallest absolute Gasteiger partial charge is 0.255 e. The molecule has 1 aromatic heterocycles. The van der Waals surface area contributed by atoms with Crippen molar-refractivity contribution in [1.82, 2.24) is 20.5 Å². The van der Waals surface area contributed by atoms with Gasteiger partial charge in [0.15, 0.2) is 0 Å². The summed E-state index contributed by atoms with van der Waals surface area (Å²) in [6.45, 7) is 1.91. The summed E-state index contributed by atoms with van der Waals surface area (Å²) in [4.78, 5) is 42.5. The third-order valence-corrected chi connectivity index (χ3v) is 6.08. The van der Waals surface area contributed by atoms with Gasteiger partial charge in [-0.3, -0.25) is 19.7 Å². The molecule has 1 aromatic carbocycles. The second-order valence-electron chi connectivity index (χ2n) is 7.98. The number of aromatic nitrogens is 1. The number of nitrogens with one attached hydrogen (secondary N) is 3. The van der Waals surface area contributed by atoms with Crippen molar-refractivity contribution in [2.75, 3.05) is 11.9 Å². The van der Waals surface area contributed by atoms with E-state index in [1.807, 2.05) is 24.3 Å². The van der Waals surface area contributed by atoms with Crippen molar-refractivity contribution in [3.8, 4) is 0 Å². The molecule has 1 saturated heterocycles. The minimum Gasteiger partial charge on any atom is -0.370 e. The van der Waals surface area contributed by atoms with Gasteiger partial charge in [-0.2, -0.15) is 0 Å². The molecule has 1 fully saturated rings. The summed E-state index contributed by atoms with van der Waals surface area (Å²) in [7, 11) is 0. The van der Waals surface area contributed by atoms with Crippen LogP contribution in [0.3, 0.4) is 0 Å². The normalized spacial score (nSPS) is 22.9. The quantitative estimate of drug-likeness (QED) is 0.666. The maximum atomic E-state index is 13.0. The Morgan fingerprint density at radius 2 is 2.07 bits per heavy atom. The summed E-state index contributed by atoms with van der Waals surface area (Å²) in [5.41, 5.74) is 3.75. The predicted molar refractivity (Wildman–Crippen MR) is 109 cm³/mol. The van der Waals surface area contributed by atoms with Gasteiger partial charge in [0, 0.05) is 49.4 Å². The molecule has 0 radical (unpaired) electrons. The molecule has 4 heterocycles. The molecule has 0 bridgehead atoms. The van der Waals surface area contributed by atoms with Gasteiger partial charge in [-0.1, -0.05) is 18.2 Å². The summed E-state index contributed by atoms with van der Waals surface area (Å²) < 4.78 is 0. The van der Waals surface area contributed by atoms with E-state index < -0.39 is 6.04 Å². The number of rotatable bonds is 4. The molecule has 8 nitrogen and oxygen atoms in total. The number of pyridine rings is 1. The van der Waals surface area contributed by atoms with Crippen LogP contribution in [0.5, 0.6) is 0 Å². The van der Waals surface area contributed by atoms with Crippen molar-refractivity contribution < 1.29 is 14.4 Å². The standard InChI is InChI=1S/C22H23N5O3/c28-19-6-5-18(21(29)26-19)27-12-14-4-3-13(10-16(14)22(27)30)11-25-17-7-9-24-20-15(17)2-1-8-23-20/h1-4,8,10,17-18,25H,5-7,9,11-12H2,(H,23,24)(H,26,28,29). The number of imide groups is 1. The molecular weight excluding hydrogens is 382 g/mol. The van der Waals surface area contributed by atoms with E-state index in [1.54, 1.807) is 11.1 Å². The largest absolute Gasteiger partial charge is 0.370 e. The first-order valence-electron chi connectivity index (χ1n) is 10.3. The molecule has 0 spiro atoms. The zero-order chi connectivity index (χ0) is 20.7. The first-order chi connectivity index (χ1) is 14.6. The predicted octanol–water partition coefficient (Wildman–Crippen LogP) is 1.49. The highest BCUT2D eigenvalue weighted by Gasteiger charge is 2.39. The van der Waals surface area contributed by atoms with E-state index in [-0.39, 0.29) is 30.2 Å². The molecule has 0 aliphatic carbocycles. The molecule has 3 amide bonds. The maximum absolute atomic E-state index is 13.0. The van der Waals surface area contributed by atoms with E-state index >= 15 is 0 Å². The molecule has 3 aliphatic rings. The monoisotopic (exact) mass is 405 g/mol. The number of hydrogen-bond donors (Lipinski definition) is 3. The molecule has 154 valence electrons. The van der Waals surface area contributed by atoms with Crippen LogP contribution in [0.1, 0.15) is 52.4 Å². The van der Waals surface area contributed by atoms with Gasteiger partial charge >= 0.3 is 0 Å². The van der Waals surface area contributed by atoms with Crippen LogP contribution in [0.15, 0.2) is 36.5 Å². The lowest BCUT2D eigenvalue weighted by Crippen LogP contribution is -2.52. The van der Waals surface area contributed by atoms with Gasteiger partial charge in [0.25, 0.3) is 5.91 Å². The summed E-state index contributed by atoms with van der Waals surface area (Å²) in [5, 5.41) is 9.24. The van der Waals surface area contributed by atoms with Gasteiger partial charge in [0.2, 0.25) is 11.8 Å². The fourth-order valence-electron chi connectivity index (χ4n) is 4.50.